The standard InChI is InChI=1S/2C6H5.4CH3.H3P.Pd/c2*1-2-4-6-5-3-1;;;;;;/h2*1-5H;5*1H3;. The normalized spacial score (nSPS) is 15.1. The Morgan fingerprint density at radius 1 is 0.556 bits per heavy atom. The number of benzene rings is 2. The Morgan fingerprint density at radius 2 is 0.833 bits per heavy atom. The SMILES string of the molecule is P.[CH3][Pd]([CH3])([CH3])([CH3])([c]1ccccc1)[c]1ccccc1. The van der Waals surface area contributed by atoms with Gasteiger partial charge < -0.3 is 0 Å². The first kappa shape index (κ1) is 15.6. The van der Waals surface area contributed by atoms with Gasteiger partial charge in [-0.2, -0.15) is 9.90 Å². The zero-order chi connectivity index (χ0) is 12.6. The van der Waals surface area contributed by atoms with Crippen molar-refractivity contribution in [2.45, 2.75) is 21.6 Å². The molecule has 0 saturated carbocycles. The Balaban J connectivity index is 0.00000162. The van der Waals surface area contributed by atoms with E-state index in [9.17, 15) is 0 Å². The molecule has 0 aliphatic heterocycles. The van der Waals surface area contributed by atoms with Gasteiger partial charge in [-0.3, -0.25) is 0 Å². The average Bonchev–Trinajstić information content (AvgIpc) is 2.30. The second-order valence-corrected chi connectivity index (χ2v) is 23.5. The number of hydrogen-bond acceptors (Lipinski definition) is 0. The molecule has 104 valence electrons. The van der Waals surface area contributed by atoms with Gasteiger partial charge >= 0.3 is 103 Å². The van der Waals surface area contributed by atoms with E-state index < -0.39 is 13.1 Å². The fourth-order valence-corrected chi connectivity index (χ4v) is 7.64. The summed E-state index contributed by atoms with van der Waals surface area (Å²) >= 11 is -2.96. The van der Waals surface area contributed by atoms with Gasteiger partial charge in [-0.25, -0.2) is 0 Å². The summed E-state index contributed by atoms with van der Waals surface area (Å²) in [4.78, 5) is 0. The van der Waals surface area contributed by atoms with Crippen LogP contribution in [0.5, 0.6) is 0 Å². The fraction of sp³-hybridized carbons (Fsp3) is 0.250. The third-order valence-corrected chi connectivity index (χ3v) is 12.2. The van der Waals surface area contributed by atoms with E-state index in [1.807, 2.05) is 0 Å². The molecule has 0 bridgehead atoms. The number of rotatable bonds is 2. The molecule has 0 fully saturated rings. The summed E-state index contributed by atoms with van der Waals surface area (Å²) in [5, 5.41) is 9.86. The van der Waals surface area contributed by atoms with Gasteiger partial charge in [0, 0.05) is 0 Å². The van der Waals surface area contributed by atoms with E-state index >= 15 is 0 Å². The molecule has 1 unspecified atom stereocenters. The minimum absolute atomic E-state index is 0. The van der Waals surface area contributed by atoms with Crippen molar-refractivity contribution in [3.8, 4) is 0 Å². The maximum absolute atomic E-state index is 2.96. The molecule has 0 aliphatic rings. The molecular weight excluding hydrogens is 330 g/mol. The molecule has 2 heteroatoms. The molecule has 0 radical (unpaired) electrons. The molecule has 0 aromatic heterocycles. The monoisotopic (exact) mass is 354 g/mol. The second kappa shape index (κ2) is 4.28. The summed E-state index contributed by atoms with van der Waals surface area (Å²) in [6.07, 6.45) is 0. The van der Waals surface area contributed by atoms with Crippen LogP contribution in [0.1, 0.15) is 0 Å². The third kappa shape index (κ3) is 2.60. The first-order valence-corrected chi connectivity index (χ1v) is 13.2. The van der Waals surface area contributed by atoms with Crippen LogP contribution in [0.4, 0.5) is 0 Å². The Hall–Kier alpha value is -0.468. The van der Waals surface area contributed by atoms with Crippen LogP contribution >= 0.6 is 9.90 Å². The van der Waals surface area contributed by atoms with Crippen molar-refractivity contribution in [2.24, 2.45) is 0 Å². The van der Waals surface area contributed by atoms with Crippen LogP contribution in [0.15, 0.2) is 60.7 Å². The van der Waals surface area contributed by atoms with E-state index in [-0.39, 0.29) is 9.90 Å². The Kier molecular flexibility index (Phi) is 3.71. The molecule has 1 atom stereocenters. The summed E-state index contributed by atoms with van der Waals surface area (Å²) in [6.45, 7) is 0. The summed E-state index contributed by atoms with van der Waals surface area (Å²) < 4.78 is 2.98. The average molecular weight is 355 g/mol. The number of hydrogen-bond donors (Lipinski definition) is 0. The van der Waals surface area contributed by atoms with Crippen molar-refractivity contribution in [2.75, 3.05) is 0 Å². The Morgan fingerprint density at radius 3 is 1.11 bits per heavy atom. The minimum atomic E-state index is -2.96. The molecule has 18 heavy (non-hydrogen) atoms. The molecule has 2 aromatic rings. The van der Waals surface area contributed by atoms with Gasteiger partial charge in [0.25, 0.3) is 0 Å². The van der Waals surface area contributed by atoms with Crippen molar-refractivity contribution in [3.05, 3.63) is 60.7 Å². The molecule has 0 heterocycles. The van der Waals surface area contributed by atoms with Crippen LogP contribution in [0.3, 0.4) is 0 Å². The van der Waals surface area contributed by atoms with Gasteiger partial charge in [-0.15, -0.1) is 0 Å². The van der Waals surface area contributed by atoms with Crippen LogP contribution in [0.2, 0.25) is 21.6 Å². The van der Waals surface area contributed by atoms with Gasteiger partial charge in [0.2, 0.25) is 0 Å². The summed E-state index contributed by atoms with van der Waals surface area (Å²) in [5.41, 5.74) is 0. The van der Waals surface area contributed by atoms with Gasteiger partial charge in [-0.1, -0.05) is 0 Å². The molecule has 2 rings (SSSR count). The maximum atomic E-state index is 2.47. The van der Waals surface area contributed by atoms with Gasteiger partial charge in [0.1, 0.15) is 0 Å². The summed E-state index contributed by atoms with van der Waals surface area (Å²) in [7, 11) is 0. The fourth-order valence-electron chi connectivity index (χ4n) is 1.86. The Bertz CT molecular complexity index is 477. The van der Waals surface area contributed by atoms with E-state index in [1.165, 1.54) is 8.07 Å². The van der Waals surface area contributed by atoms with Gasteiger partial charge in [0.15, 0.2) is 0 Å². The zero-order valence-corrected chi connectivity index (χ0v) is 14.8. The van der Waals surface area contributed by atoms with Crippen LogP contribution < -0.4 is 8.07 Å². The van der Waals surface area contributed by atoms with Crippen LogP contribution in [-0.4, -0.2) is 0 Å². The summed E-state index contributed by atoms with van der Waals surface area (Å²) in [6, 6.07) is 21.9. The van der Waals surface area contributed by atoms with Crippen molar-refractivity contribution < 1.29 is 13.1 Å². The molecule has 0 saturated heterocycles. The molecule has 0 nitrogen and oxygen atoms in total. The first-order valence-electron chi connectivity index (χ1n) is 5.40. The van der Waals surface area contributed by atoms with Gasteiger partial charge in [-0.05, 0) is 0 Å². The first-order chi connectivity index (χ1) is 7.74. The quantitative estimate of drug-likeness (QED) is 0.562. The Labute approximate surface area is 113 Å². The molecule has 0 amide bonds. The molecular formula is C16H25PPd. The zero-order valence-electron chi connectivity index (χ0n) is 11.8. The van der Waals surface area contributed by atoms with Crippen molar-refractivity contribution >= 4 is 18.0 Å². The molecule has 2 aromatic carbocycles. The predicted molar refractivity (Wildman–Crippen MR) is 86.7 cm³/mol. The van der Waals surface area contributed by atoms with E-state index in [4.69, 9.17) is 0 Å². The van der Waals surface area contributed by atoms with Crippen LogP contribution in [0, 0.1) is 0 Å². The van der Waals surface area contributed by atoms with E-state index in [0.717, 1.165) is 0 Å². The molecule has 0 aliphatic carbocycles. The van der Waals surface area contributed by atoms with Gasteiger partial charge in [0.05, 0.1) is 0 Å². The van der Waals surface area contributed by atoms with Crippen LogP contribution in [-0.2, 0) is 13.1 Å². The van der Waals surface area contributed by atoms with E-state index in [0.29, 0.717) is 0 Å². The second-order valence-electron chi connectivity index (χ2n) is 5.76. The molecule has 0 spiro atoms. The van der Waals surface area contributed by atoms with Crippen LogP contribution in [0.25, 0.3) is 0 Å². The summed E-state index contributed by atoms with van der Waals surface area (Å²) in [5.74, 6) is 0. The van der Waals surface area contributed by atoms with E-state index in [1.54, 1.807) is 0 Å². The third-order valence-electron chi connectivity index (χ3n) is 3.07. The van der Waals surface area contributed by atoms with Crippen molar-refractivity contribution in [1.29, 1.82) is 0 Å². The van der Waals surface area contributed by atoms with E-state index in [2.05, 4.69) is 82.3 Å². The topological polar surface area (TPSA) is 0 Å². The predicted octanol–water partition coefficient (Wildman–Crippen LogP) is 4.11. The molecule has 0 N–H and O–H groups in total. The van der Waals surface area contributed by atoms with Crippen molar-refractivity contribution in [3.63, 3.8) is 0 Å². The van der Waals surface area contributed by atoms with Crippen molar-refractivity contribution in [1.82, 2.24) is 0 Å².